The number of fused-ring (bicyclic) bond motifs is 2. The minimum absolute atomic E-state index is 0.280. The van der Waals surface area contributed by atoms with Crippen molar-refractivity contribution in [1.29, 1.82) is 0 Å². The highest BCUT2D eigenvalue weighted by atomic mass is 16.5. The van der Waals surface area contributed by atoms with Crippen LogP contribution in [0.4, 0.5) is 0 Å². The van der Waals surface area contributed by atoms with E-state index >= 15 is 0 Å². The number of morpholine rings is 1. The van der Waals surface area contributed by atoms with Gasteiger partial charge in [-0.25, -0.2) is 0 Å². The van der Waals surface area contributed by atoms with E-state index in [0.717, 1.165) is 25.9 Å². The van der Waals surface area contributed by atoms with Crippen molar-refractivity contribution in [1.82, 2.24) is 4.90 Å². The van der Waals surface area contributed by atoms with Gasteiger partial charge in [0.1, 0.15) is 6.04 Å². The maximum atomic E-state index is 11.0. The molecule has 2 bridgehead atoms. The normalized spacial score (nSPS) is 34.4. The van der Waals surface area contributed by atoms with Crippen molar-refractivity contribution in [3.63, 3.8) is 0 Å². The van der Waals surface area contributed by atoms with Gasteiger partial charge in [0.05, 0.1) is 12.2 Å². The summed E-state index contributed by atoms with van der Waals surface area (Å²) in [6, 6.07) is -0.318. The van der Waals surface area contributed by atoms with Crippen LogP contribution < -0.4 is 0 Å². The standard InChI is InChI=1S/C10H17NO3/c1-2-9(10(12)13)11-5-7-3-4-8(6-11)14-7/h7-9H,2-6H2,1H3,(H,12,13). The molecule has 0 spiro atoms. The molecule has 2 rings (SSSR count). The van der Waals surface area contributed by atoms with Crippen molar-refractivity contribution in [3.05, 3.63) is 0 Å². The van der Waals surface area contributed by atoms with Crippen molar-refractivity contribution in [3.8, 4) is 0 Å². The lowest BCUT2D eigenvalue weighted by Crippen LogP contribution is -2.50. The second-order valence-corrected chi connectivity index (χ2v) is 4.17. The fourth-order valence-corrected chi connectivity index (χ4v) is 2.49. The fraction of sp³-hybridized carbons (Fsp3) is 0.900. The minimum Gasteiger partial charge on any atom is -0.480 e. The number of ether oxygens (including phenoxy) is 1. The molecule has 0 amide bonds. The molecule has 80 valence electrons. The predicted octanol–water partition coefficient (Wildman–Crippen LogP) is 0.713. The molecular weight excluding hydrogens is 182 g/mol. The van der Waals surface area contributed by atoms with Gasteiger partial charge in [-0.3, -0.25) is 9.69 Å². The summed E-state index contributed by atoms with van der Waals surface area (Å²) >= 11 is 0. The number of carbonyl (C=O) groups is 1. The van der Waals surface area contributed by atoms with E-state index in [1.54, 1.807) is 0 Å². The van der Waals surface area contributed by atoms with Gasteiger partial charge in [0.2, 0.25) is 0 Å². The Balaban J connectivity index is 2.00. The van der Waals surface area contributed by atoms with Gasteiger partial charge in [-0.05, 0) is 19.3 Å². The summed E-state index contributed by atoms with van der Waals surface area (Å²) in [5.74, 6) is -0.700. The van der Waals surface area contributed by atoms with Gasteiger partial charge in [0, 0.05) is 13.1 Å². The van der Waals surface area contributed by atoms with Crippen LogP contribution in [-0.4, -0.2) is 47.3 Å². The van der Waals surface area contributed by atoms with Crippen molar-refractivity contribution >= 4 is 5.97 Å². The molecule has 0 radical (unpaired) electrons. The lowest BCUT2D eigenvalue weighted by Gasteiger charge is -2.35. The second kappa shape index (κ2) is 3.87. The molecular formula is C10H17NO3. The Kier molecular flexibility index (Phi) is 2.74. The summed E-state index contributed by atoms with van der Waals surface area (Å²) in [5, 5.41) is 9.04. The first-order chi connectivity index (χ1) is 6.70. The van der Waals surface area contributed by atoms with Crippen LogP contribution in [0.5, 0.6) is 0 Å². The van der Waals surface area contributed by atoms with E-state index in [1.807, 2.05) is 6.92 Å². The van der Waals surface area contributed by atoms with Crippen LogP contribution in [0.2, 0.25) is 0 Å². The zero-order chi connectivity index (χ0) is 10.1. The van der Waals surface area contributed by atoms with Crippen LogP contribution in [0.15, 0.2) is 0 Å². The van der Waals surface area contributed by atoms with Crippen molar-refractivity contribution < 1.29 is 14.6 Å². The van der Waals surface area contributed by atoms with Crippen LogP contribution in [0.3, 0.4) is 0 Å². The molecule has 3 atom stereocenters. The number of hydrogen-bond acceptors (Lipinski definition) is 3. The fourth-order valence-electron chi connectivity index (χ4n) is 2.49. The Morgan fingerprint density at radius 3 is 2.50 bits per heavy atom. The summed E-state index contributed by atoms with van der Waals surface area (Å²) < 4.78 is 5.67. The Hall–Kier alpha value is -0.610. The topological polar surface area (TPSA) is 49.8 Å². The molecule has 2 heterocycles. The Labute approximate surface area is 83.8 Å². The molecule has 2 aliphatic heterocycles. The van der Waals surface area contributed by atoms with Crippen molar-refractivity contribution in [2.45, 2.75) is 44.4 Å². The van der Waals surface area contributed by atoms with E-state index in [2.05, 4.69) is 4.90 Å². The van der Waals surface area contributed by atoms with Gasteiger partial charge in [-0.2, -0.15) is 0 Å². The van der Waals surface area contributed by atoms with E-state index in [1.165, 1.54) is 0 Å². The highest BCUT2D eigenvalue weighted by Crippen LogP contribution is 2.27. The quantitative estimate of drug-likeness (QED) is 0.727. The van der Waals surface area contributed by atoms with Crippen molar-refractivity contribution in [2.24, 2.45) is 0 Å². The number of aliphatic carboxylic acids is 1. The molecule has 0 aromatic rings. The highest BCUT2D eigenvalue weighted by molar-refractivity contribution is 5.73. The molecule has 4 heteroatoms. The minimum atomic E-state index is -0.700. The monoisotopic (exact) mass is 199 g/mol. The zero-order valence-corrected chi connectivity index (χ0v) is 8.48. The first kappa shape index (κ1) is 9.93. The molecule has 0 aromatic heterocycles. The van der Waals surface area contributed by atoms with Crippen LogP contribution in [0.25, 0.3) is 0 Å². The lowest BCUT2D eigenvalue weighted by molar-refractivity contribution is -0.147. The van der Waals surface area contributed by atoms with Gasteiger partial charge in [-0.1, -0.05) is 6.92 Å². The predicted molar refractivity (Wildman–Crippen MR) is 51.2 cm³/mol. The number of hydrogen-bond donors (Lipinski definition) is 1. The molecule has 1 N–H and O–H groups in total. The van der Waals surface area contributed by atoms with Gasteiger partial charge in [0.25, 0.3) is 0 Å². The smallest absolute Gasteiger partial charge is 0.320 e. The molecule has 3 unspecified atom stereocenters. The third-order valence-electron chi connectivity index (χ3n) is 3.18. The highest BCUT2D eigenvalue weighted by Gasteiger charge is 2.37. The number of carboxylic acid groups (broad SMARTS) is 1. The van der Waals surface area contributed by atoms with Gasteiger partial charge < -0.3 is 9.84 Å². The van der Waals surface area contributed by atoms with E-state index in [-0.39, 0.29) is 18.2 Å². The first-order valence-electron chi connectivity index (χ1n) is 5.33. The van der Waals surface area contributed by atoms with Crippen LogP contribution >= 0.6 is 0 Å². The Bertz CT molecular complexity index is 219. The largest absolute Gasteiger partial charge is 0.480 e. The van der Waals surface area contributed by atoms with Gasteiger partial charge in [-0.15, -0.1) is 0 Å². The molecule has 2 aliphatic rings. The van der Waals surface area contributed by atoms with E-state index in [4.69, 9.17) is 9.84 Å². The summed E-state index contributed by atoms with van der Waals surface area (Å²) in [5.41, 5.74) is 0. The third kappa shape index (κ3) is 1.77. The van der Waals surface area contributed by atoms with E-state index in [0.29, 0.717) is 6.42 Å². The molecule has 2 fully saturated rings. The maximum Gasteiger partial charge on any atom is 0.320 e. The van der Waals surface area contributed by atoms with Crippen LogP contribution in [0, 0.1) is 0 Å². The lowest BCUT2D eigenvalue weighted by atomic mass is 10.1. The molecule has 4 nitrogen and oxygen atoms in total. The average molecular weight is 199 g/mol. The van der Waals surface area contributed by atoms with Crippen molar-refractivity contribution in [2.75, 3.05) is 13.1 Å². The Morgan fingerprint density at radius 1 is 1.50 bits per heavy atom. The zero-order valence-electron chi connectivity index (χ0n) is 8.48. The maximum absolute atomic E-state index is 11.0. The second-order valence-electron chi connectivity index (χ2n) is 4.17. The number of rotatable bonds is 3. The molecule has 14 heavy (non-hydrogen) atoms. The van der Waals surface area contributed by atoms with Crippen LogP contribution in [0.1, 0.15) is 26.2 Å². The summed E-state index contributed by atoms with van der Waals surface area (Å²) in [6.45, 7) is 3.51. The number of likely N-dealkylation sites (tertiary alicyclic amines) is 1. The Morgan fingerprint density at radius 2 is 2.07 bits per heavy atom. The van der Waals surface area contributed by atoms with Gasteiger partial charge >= 0.3 is 5.97 Å². The number of carboxylic acids is 1. The average Bonchev–Trinajstić information content (AvgIpc) is 2.46. The first-order valence-corrected chi connectivity index (χ1v) is 5.33. The summed E-state index contributed by atoms with van der Waals surface area (Å²) in [7, 11) is 0. The summed E-state index contributed by atoms with van der Waals surface area (Å²) in [4.78, 5) is 13.0. The molecule has 0 aromatic carbocycles. The summed E-state index contributed by atoms with van der Waals surface area (Å²) in [6.07, 6.45) is 3.42. The number of nitrogens with zero attached hydrogens (tertiary/aromatic N) is 1. The van der Waals surface area contributed by atoms with Crippen LogP contribution in [-0.2, 0) is 9.53 Å². The molecule has 0 saturated carbocycles. The van der Waals surface area contributed by atoms with Gasteiger partial charge in [0.15, 0.2) is 0 Å². The van der Waals surface area contributed by atoms with E-state index < -0.39 is 5.97 Å². The SMILES string of the molecule is CCC(C(=O)O)N1CC2CCC(C1)O2. The molecule has 0 aliphatic carbocycles. The molecule has 2 saturated heterocycles. The van der Waals surface area contributed by atoms with E-state index in [9.17, 15) is 4.79 Å². The third-order valence-corrected chi connectivity index (χ3v) is 3.18.